The van der Waals surface area contributed by atoms with Crippen LogP contribution < -0.4 is 10.6 Å². The maximum absolute atomic E-state index is 11.5. The molecule has 0 radical (unpaired) electrons. The first kappa shape index (κ1) is 14.6. The number of fused-ring (bicyclic) bond motifs is 1. The summed E-state index contributed by atoms with van der Waals surface area (Å²) in [5.41, 5.74) is 2.40. The van der Waals surface area contributed by atoms with E-state index in [1.165, 1.54) is 16.5 Å². The summed E-state index contributed by atoms with van der Waals surface area (Å²) in [6.45, 7) is 2.08. The van der Waals surface area contributed by atoms with E-state index in [4.69, 9.17) is 4.74 Å². The number of para-hydroxylation sites is 1. The molecule has 0 aliphatic rings. The van der Waals surface area contributed by atoms with Gasteiger partial charge < -0.3 is 19.9 Å². The summed E-state index contributed by atoms with van der Waals surface area (Å²) in [6, 6.07) is 8.26. The van der Waals surface area contributed by atoms with Crippen molar-refractivity contribution in [3.05, 3.63) is 36.0 Å². The standard InChI is InChI=1S/C15H21N3O2/c1-18-11-12(13-5-3-4-6-14(13)18)9-16-10-15(19)17-7-8-20-2/h3-6,11,16H,7-10H2,1-2H3,(H,17,19). The molecule has 0 unspecified atom stereocenters. The molecule has 2 N–H and O–H groups in total. The van der Waals surface area contributed by atoms with Crippen LogP contribution in [0.25, 0.3) is 10.9 Å². The largest absolute Gasteiger partial charge is 0.383 e. The zero-order chi connectivity index (χ0) is 14.4. The molecule has 2 aromatic rings. The second-order valence-corrected chi connectivity index (χ2v) is 4.73. The summed E-state index contributed by atoms with van der Waals surface area (Å²) in [4.78, 5) is 11.5. The van der Waals surface area contributed by atoms with Crippen molar-refractivity contribution in [3.8, 4) is 0 Å². The average molecular weight is 275 g/mol. The van der Waals surface area contributed by atoms with Gasteiger partial charge in [0.05, 0.1) is 13.2 Å². The molecule has 20 heavy (non-hydrogen) atoms. The third-order valence-electron chi connectivity index (χ3n) is 3.21. The maximum Gasteiger partial charge on any atom is 0.234 e. The summed E-state index contributed by atoms with van der Waals surface area (Å²) >= 11 is 0. The van der Waals surface area contributed by atoms with Crippen LogP contribution >= 0.6 is 0 Å². The molecule has 2 rings (SSSR count). The number of aromatic nitrogens is 1. The van der Waals surface area contributed by atoms with Crippen molar-refractivity contribution in [1.82, 2.24) is 15.2 Å². The number of nitrogens with zero attached hydrogens (tertiary/aromatic N) is 1. The van der Waals surface area contributed by atoms with Crippen LogP contribution in [0.5, 0.6) is 0 Å². The van der Waals surface area contributed by atoms with Crippen LogP contribution in [0.15, 0.2) is 30.5 Å². The molecule has 0 aliphatic carbocycles. The van der Waals surface area contributed by atoms with Gasteiger partial charge in [0.25, 0.3) is 0 Å². The number of nitrogens with one attached hydrogen (secondary N) is 2. The van der Waals surface area contributed by atoms with E-state index in [1.54, 1.807) is 7.11 Å². The van der Waals surface area contributed by atoms with Crippen LogP contribution in [-0.2, 0) is 23.1 Å². The molecule has 0 aliphatic heterocycles. The van der Waals surface area contributed by atoms with E-state index in [0.717, 1.165) is 0 Å². The highest BCUT2D eigenvalue weighted by Gasteiger charge is 2.06. The summed E-state index contributed by atoms with van der Waals surface area (Å²) < 4.78 is 6.98. The van der Waals surface area contributed by atoms with E-state index in [1.807, 2.05) is 19.2 Å². The average Bonchev–Trinajstić information content (AvgIpc) is 2.77. The highest BCUT2D eigenvalue weighted by molar-refractivity contribution is 5.84. The van der Waals surface area contributed by atoms with Gasteiger partial charge in [0.2, 0.25) is 5.91 Å². The van der Waals surface area contributed by atoms with Crippen molar-refractivity contribution < 1.29 is 9.53 Å². The molecular weight excluding hydrogens is 254 g/mol. The van der Waals surface area contributed by atoms with Crippen LogP contribution in [0.1, 0.15) is 5.56 Å². The number of ether oxygens (including phenoxy) is 1. The molecule has 0 fully saturated rings. The number of carbonyl (C=O) groups is 1. The monoisotopic (exact) mass is 275 g/mol. The number of rotatable bonds is 7. The lowest BCUT2D eigenvalue weighted by Gasteiger charge is -2.05. The fourth-order valence-corrected chi connectivity index (χ4v) is 2.23. The Morgan fingerprint density at radius 2 is 2.15 bits per heavy atom. The van der Waals surface area contributed by atoms with Gasteiger partial charge in [0, 0.05) is 44.3 Å². The normalized spacial score (nSPS) is 10.9. The molecular formula is C15H21N3O2. The van der Waals surface area contributed by atoms with Gasteiger partial charge in [-0.25, -0.2) is 0 Å². The first-order chi connectivity index (χ1) is 9.72. The van der Waals surface area contributed by atoms with Crippen molar-refractivity contribution in [1.29, 1.82) is 0 Å². The van der Waals surface area contributed by atoms with Gasteiger partial charge in [0.1, 0.15) is 0 Å². The van der Waals surface area contributed by atoms with Gasteiger partial charge in [-0.05, 0) is 11.6 Å². The Bertz CT molecular complexity index is 578. The van der Waals surface area contributed by atoms with Crippen molar-refractivity contribution in [2.45, 2.75) is 6.54 Å². The Morgan fingerprint density at radius 1 is 1.35 bits per heavy atom. The lowest BCUT2D eigenvalue weighted by atomic mass is 10.2. The number of hydrogen-bond acceptors (Lipinski definition) is 3. The molecule has 5 nitrogen and oxygen atoms in total. The molecule has 1 aromatic heterocycles. The first-order valence-corrected chi connectivity index (χ1v) is 6.71. The third-order valence-corrected chi connectivity index (χ3v) is 3.21. The van der Waals surface area contributed by atoms with Gasteiger partial charge in [-0.2, -0.15) is 0 Å². The number of methoxy groups -OCH3 is 1. The quantitative estimate of drug-likeness (QED) is 0.742. The number of amides is 1. The topological polar surface area (TPSA) is 55.3 Å². The number of aryl methyl sites for hydroxylation is 1. The van der Waals surface area contributed by atoms with Crippen LogP contribution in [0, 0.1) is 0 Å². The van der Waals surface area contributed by atoms with Crippen molar-refractivity contribution in [2.75, 3.05) is 26.8 Å². The Hall–Kier alpha value is -1.85. The molecule has 1 heterocycles. The van der Waals surface area contributed by atoms with Crippen LogP contribution in [0.4, 0.5) is 0 Å². The number of carbonyl (C=O) groups excluding carboxylic acids is 1. The highest BCUT2D eigenvalue weighted by atomic mass is 16.5. The number of hydrogen-bond donors (Lipinski definition) is 2. The van der Waals surface area contributed by atoms with Crippen LogP contribution in [-0.4, -0.2) is 37.3 Å². The Labute approximate surface area is 118 Å². The molecule has 1 amide bonds. The molecule has 0 saturated carbocycles. The lowest BCUT2D eigenvalue weighted by Crippen LogP contribution is -2.35. The zero-order valence-corrected chi connectivity index (χ0v) is 12.0. The minimum atomic E-state index is -0.0118. The van der Waals surface area contributed by atoms with E-state index in [9.17, 15) is 4.79 Å². The molecule has 0 spiro atoms. The second-order valence-electron chi connectivity index (χ2n) is 4.73. The molecule has 108 valence electrons. The predicted octanol–water partition coefficient (Wildman–Crippen LogP) is 1.03. The van der Waals surface area contributed by atoms with Crippen molar-refractivity contribution >= 4 is 16.8 Å². The van der Waals surface area contributed by atoms with E-state index >= 15 is 0 Å². The summed E-state index contributed by atoms with van der Waals surface area (Å²) in [7, 11) is 3.65. The fraction of sp³-hybridized carbons (Fsp3) is 0.400. The maximum atomic E-state index is 11.5. The van der Waals surface area contributed by atoms with Gasteiger partial charge in [-0.1, -0.05) is 18.2 Å². The van der Waals surface area contributed by atoms with E-state index in [-0.39, 0.29) is 5.91 Å². The van der Waals surface area contributed by atoms with Gasteiger partial charge in [0.15, 0.2) is 0 Å². The molecule has 0 saturated heterocycles. The van der Waals surface area contributed by atoms with E-state index in [0.29, 0.717) is 26.2 Å². The molecule has 0 atom stereocenters. The first-order valence-electron chi connectivity index (χ1n) is 6.71. The highest BCUT2D eigenvalue weighted by Crippen LogP contribution is 2.19. The van der Waals surface area contributed by atoms with Gasteiger partial charge >= 0.3 is 0 Å². The lowest BCUT2D eigenvalue weighted by molar-refractivity contribution is -0.120. The summed E-state index contributed by atoms with van der Waals surface area (Å²) in [5.74, 6) is -0.0118. The van der Waals surface area contributed by atoms with Crippen molar-refractivity contribution in [2.24, 2.45) is 7.05 Å². The van der Waals surface area contributed by atoms with Crippen LogP contribution in [0.3, 0.4) is 0 Å². The van der Waals surface area contributed by atoms with Crippen molar-refractivity contribution in [3.63, 3.8) is 0 Å². The molecule has 0 bridgehead atoms. The SMILES string of the molecule is COCCNC(=O)CNCc1cn(C)c2ccccc12. The summed E-state index contributed by atoms with van der Waals surface area (Å²) in [6.07, 6.45) is 2.10. The van der Waals surface area contributed by atoms with E-state index in [2.05, 4.69) is 33.5 Å². The predicted molar refractivity (Wildman–Crippen MR) is 79.5 cm³/mol. The summed E-state index contributed by atoms with van der Waals surface area (Å²) in [5, 5.41) is 7.17. The Morgan fingerprint density at radius 3 is 2.95 bits per heavy atom. The minimum Gasteiger partial charge on any atom is -0.383 e. The van der Waals surface area contributed by atoms with E-state index < -0.39 is 0 Å². The minimum absolute atomic E-state index is 0.0118. The molecule has 1 aromatic carbocycles. The Kier molecular flexibility index (Phi) is 5.15. The van der Waals surface area contributed by atoms with Gasteiger partial charge in [-0.3, -0.25) is 4.79 Å². The second kappa shape index (κ2) is 7.07. The van der Waals surface area contributed by atoms with Gasteiger partial charge in [-0.15, -0.1) is 0 Å². The van der Waals surface area contributed by atoms with Crippen LogP contribution in [0.2, 0.25) is 0 Å². The number of benzene rings is 1. The third kappa shape index (κ3) is 3.59. The molecule has 5 heteroatoms. The smallest absolute Gasteiger partial charge is 0.234 e. The Balaban J connectivity index is 1.86. The fourth-order valence-electron chi connectivity index (χ4n) is 2.23. The zero-order valence-electron chi connectivity index (χ0n) is 12.0.